The number of rotatable bonds is 6. The number of carbonyl (C=O) groups is 1. The number of nitrogens with zero attached hydrogens (tertiary/aromatic N) is 4. The summed E-state index contributed by atoms with van der Waals surface area (Å²) >= 11 is 1.56. The average Bonchev–Trinajstić information content (AvgIpc) is 3.53. The number of nitrogens with one attached hydrogen (secondary N) is 1. The molecule has 180 valence electrons. The third-order valence-corrected chi connectivity index (χ3v) is 7.34. The highest BCUT2D eigenvalue weighted by molar-refractivity contribution is 7.17. The van der Waals surface area contributed by atoms with Gasteiger partial charge in [0.2, 0.25) is 0 Å². The molecule has 2 amide bonds. The summed E-state index contributed by atoms with van der Waals surface area (Å²) in [4.78, 5) is 14.5. The molecule has 1 fully saturated rings. The van der Waals surface area contributed by atoms with E-state index in [1.165, 1.54) is 5.56 Å². The molecule has 1 N–H and O–H groups in total. The van der Waals surface area contributed by atoms with Crippen LogP contribution in [0.25, 0.3) is 21.1 Å². The minimum atomic E-state index is -0.151. The molecule has 2 aromatic carbocycles. The Morgan fingerprint density at radius 1 is 1.23 bits per heavy atom. The molecule has 0 spiro atoms. The number of ether oxygens (including phenoxy) is 2. The summed E-state index contributed by atoms with van der Waals surface area (Å²) in [7, 11) is 0. The van der Waals surface area contributed by atoms with Gasteiger partial charge >= 0.3 is 6.03 Å². The van der Waals surface area contributed by atoms with Gasteiger partial charge in [0.15, 0.2) is 0 Å². The van der Waals surface area contributed by atoms with Crippen molar-refractivity contribution in [2.45, 2.75) is 38.3 Å². The van der Waals surface area contributed by atoms with E-state index < -0.39 is 0 Å². The van der Waals surface area contributed by atoms with E-state index in [-0.39, 0.29) is 18.2 Å². The Kier molecular flexibility index (Phi) is 6.93. The minimum Gasteiger partial charge on any atom is -0.490 e. The Morgan fingerprint density at radius 2 is 2.00 bits per heavy atom. The molecule has 3 aromatic rings. The zero-order valence-electron chi connectivity index (χ0n) is 19.6. The lowest BCUT2D eigenvalue weighted by atomic mass is 10.0. The van der Waals surface area contributed by atoms with Crippen LogP contribution in [0.15, 0.2) is 42.5 Å². The van der Waals surface area contributed by atoms with Crippen molar-refractivity contribution in [3.05, 3.63) is 53.6 Å². The maximum Gasteiger partial charge on any atom is 0.318 e. The van der Waals surface area contributed by atoms with E-state index in [2.05, 4.69) is 33.7 Å². The van der Waals surface area contributed by atoms with E-state index in [0.717, 1.165) is 45.3 Å². The second-order valence-corrected chi connectivity index (χ2v) is 9.72. The van der Waals surface area contributed by atoms with Gasteiger partial charge in [-0.1, -0.05) is 29.5 Å². The molecule has 35 heavy (non-hydrogen) atoms. The first kappa shape index (κ1) is 23.3. The fraction of sp³-hybridized carbons (Fsp3) is 0.385. The van der Waals surface area contributed by atoms with E-state index in [1.807, 2.05) is 42.2 Å². The summed E-state index contributed by atoms with van der Waals surface area (Å²) in [5, 5.41) is 22.6. The molecule has 1 aliphatic carbocycles. The fourth-order valence-electron chi connectivity index (χ4n) is 4.54. The topological polar surface area (TPSA) is 100 Å². The summed E-state index contributed by atoms with van der Waals surface area (Å²) in [6, 6.07) is 16.0. The van der Waals surface area contributed by atoms with E-state index >= 15 is 0 Å². The maximum atomic E-state index is 12.7. The lowest BCUT2D eigenvalue weighted by molar-refractivity contribution is 0.0525. The van der Waals surface area contributed by atoms with Crippen LogP contribution in [-0.4, -0.2) is 53.5 Å². The van der Waals surface area contributed by atoms with Crippen molar-refractivity contribution < 1.29 is 14.3 Å². The third kappa shape index (κ3) is 5.14. The molecule has 0 saturated carbocycles. The monoisotopic (exact) mass is 489 g/mol. The van der Waals surface area contributed by atoms with Crippen LogP contribution in [0, 0.1) is 11.3 Å². The van der Waals surface area contributed by atoms with Gasteiger partial charge in [0.25, 0.3) is 0 Å². The Labute approximate surface area is 208 Å². The quantitative estimate of drug-likeness (QED) is 0.544. The first-order valence-corrected chi connectivity index (χ1v) is 12.7. The molecule has 1 aliphatic heterocycles. The zero-order chi connectivity index (χ0) is 24.2. The Balaban J connectivity index is 1.30. The molecule has 2 unspecified atom stereocenters. The first-order chi connectivity index (χ1) is 17.1. The van der Waals surface area contributed by atoms with Crippen molar-refractivity contribution in [1.82, 2.24) is 20.4 Å². The number of aromatic nitrogens is 2. The predicted molar refractivity (Wildman–Crippen MR) is 133 cm³/mol. The Bertz CT molecular complexity index is 1230. The van der Waals surface area contributed by atoms with Gasteiger partial charge in [0.05, 0.1) is 31.7 Å². The van der Waals surface area contributed by atoms with Crippen LogP contribution in [-0.2, 0) is 11.2 Å². The molecular weight excluding hydrogens is 462 g/mol. The van der Waals surface area contributed by atoms with Crippen LogP contribution in [0.5, 0.6) is 5.75 Å². The number of nitriles is 1. The number of urea groups is 1. The van der Waals surface area contributed by atoms with Crippen LogP contribution in [0.2, 0.25) is 0 Å². The minimum absolute atomic E-state index is 0.00339. The lowest BCUT2D eigenvalue weighted by Gasteiger charge is -2.28. The summed E-state index contributed by atoms with van der Waals surface area (Å²) in [5.74, 6) is 0.729. The Hall–Kier alpha value is -3.48. The average molecular weight is 490 g/mol. The SMILES string of the molecule is CC(CC#N)Oc1ccc(-c2nnc(-c3cccc4c3CCC4NC(=O)N3CCOCC3)s2)cc1. The lowest BCUT2D eigenvalue weighted by Crippen LogP contribution is -2.46. The van der Waals surface area contributed by atoms with Crippen molar-refractivity contribution in [3.8, 4) is 33.0 Å². The van der Waals surface area contributed by atoms with Crippen molar-refractivity contribution >= 4 is 17.4 Å². The summed E-state index contributed by atoms with van der Waals surface area (Å²) in [6.07, 6.45) is 1.96. The molecule has 0 radical (unpaired) electrons. The molecule has 1 aromatic heterocycles. The van der Waals surface area contributed by atoms with Crippen LogP contribution >= 0.6 is 11.3 Å². The van der Waals surface area contributed by atoms with Gasteiger partial charge in [0.1, 0.15) is 21.9 Å². The van der Waals surface area contributed by atoms with E-state index in [4.69, 9.17) is 14.7 Å². The van der Waals surface area contributed by atoms with Crippen LogP contribution in [0.3, 0.4) is 0 Å². The molecule has 2 aliphatic rings. The van der Waals surface area contributed by atoms with Gasteiger partial charge in [-0.15, -0.1) is 10.2 Å². The van der Waals surface area contributed by atoms with Gasteiger partial charge in [-0.05, 0) is 55.2 Å². The largest absolute Gasteiger partial charge is 0.490 e. The second kappa shape index (κ2) is 10.4. The number of carbonyl (C=O) groups excluding carboxylic acids is 1. The molecule has 5 rings (SSSR count). The number of benzene rings is 2. The van der Waals surface area contributed by atoms with Crippen LogP contribution in [0.1, 0.15) is 36.9 Å². The molecular formula is C26H27N5O3S. The number of hydrogen-bond acceptors (Lipinski definition) is 7. The van der Waals surface area contributed by atoms with Gasteiger partial charge < -0.3 is 19.7 Å². The second-order valence-electron chi connectivity index (χ2n) is 8.74. The molecule has 1 saturated heterocycles. The van der Waals surface area contributed by atoms with Crippen molar-refractivity contribution in [1.29, 1.82) is 5.26 Å². The van der Waals surface area contributed by atoms with Crippen molar-refractivity contribution in [3.63, 3.8) is 0 Å². The Morgan fingerprint density at radius 3 is 2.77 bits per heavy atom. The van der Waals surface area contributed by atoms with Gasteiger partial charge in [-0.25, -0.2) is 4.79 Å². The summed E-state index contributed by atoms with van der Waals surface area (Å²) in [5.41, 5.74) is 4.45. The van der Waals surface area contributed by atoms with E-state index in [9.17, 15) is 4.79 Å². The van der Waals surface area contributed by atoms with Crippen LogP contribution in [0.4, 0.5) is 4.79 Å². The molecule has 8 nitrogen and oxygen atoms in total. The molecule has 9 heteroatoms. The first-order valence-electron chi connectivity index (χ1n) is 11.9. The smallest absolute Gasteiger partial charge is 0.318 e. The van der Waals surface area contributed by atoms with Gasteiger partial charge in [0, 0.05) is 24.2 Å². The zero-order valence-corrected chi connectivity index (χ0v) is 20.4. The van der Waals surface area contributed by atoms with Gasteiger partial charge in [-0.2, -0.15) is 5.26 Å². The molecule has 2 atom stereocenters. The van der Waals surface area contributed by atoms with E-state index in [1.54, 1.807) is 11.3 Å². The predicted octanol–water partition coefficient (Wildman–Crippen LogP) is 4.58. The number of amides is 2. The highest BCUT2D eigenvalue weighted by atomic mass is 32.1. The van der Waals surface area contributed by atoms with Crippen LogP contribution < -0.4 is 10.1 Å². The fourth-order valence-corrected chi connectivity index (χ4v) is 5.44. The number of hydrogen-bond donors (Lipinski definition) is 1. The summed E-state index contributed by atoms with van der Waals surface area (Å²) < 4.78 is 11.1. The molecule has 2 heterocycles. The molecule has 0 bridgehead atoms. The highest BCUT2D eigenvalue weighted by Crippen LogP contribution is 2.40. The normalized spacial score (nSPS) is 17.9. The van der Waals surface area contributed by atoms with Crippen molar-refractivity contribution in [2.24, 2.45) is 0 Å². The number of fused-ring (bicyclic) bond motifs is 1. The standard InChI is InChI=1S/C26H27N5O3S/c1-17(11-12-27)34-19-7-5-18(6-8-19)24-29-30-25(35-24)22-4-2-3-21-20(22)9-10-23(21)28-26(32)31-13-15-33-16-14-31/h2-8,17,23H,9-11,13-16H2,1H3,(H,28,32). The number of morpholine rings is 1. The highest BCUT2D eigenvalue weighted by Gasteiger charge is 2.29. The van der Waals surface area contributed by atoms with E-state index in [0.29, 0.717) is 32.7 Å². The third-order valence-electron chi connectivity index (χ3n) is 6.34. The van der Waals surface area contributed by atoms with Gasteiger partial charge in [-0.3, -0.25) is 0 Å². The summed E-state index contributed by atoms with van der Waals surface area (Å²) in [6.45, 7) is 4.32. The van der Waals surface area contributed by atoms with Crippen molar-refractivity contribution in [2.75, 3.05) is 26.3 Å². The maximum absolute atomic E-state index is 12.7.